The molecule has 3 rings (SSSR count). The van der Waals surface area contributed by atoms with Gasteiger partial charge in [-0.3, -0.25) is 14.5 Å². The summed E-state index contributed by atoms with van der Waals surface area (Å²) < 4.78 is 5.33. The number of nitrogens with one attached hydrogen (secondary N) is 1. The molecule has 26 heavy (non-hydrogen) atoms. The molecule has 1 aliphatic heterocycles. The van der Waals surface area contributed by atoms with Gasteiger partial charge in [0.05, 0.1) is 24.9 Å². The van der Waals surface area contributed by atoms with Crippen LogP contribution in [0.3, 0.4) is 0 Å². The molecule has 1 fully saturated rings. The molecule has 0 saturated carbocycles. The zero-order valence-corrected chi connectivity index (χ0v) is 15.3. The van der Waals surface area contributed by atoms with Crippen molar-refractivity contribution in [2.75, 3.05) is 31.6 Å². The maximum absolute atomic E-state index is 12.8. The minimum atomic E-state index is -0.322. The van der Waals surface area contributed by atoms with Crippen LogP contribution in [0.4, 0.5) is 5.69 Å². The lowest BCUT2D eigenvalue weighted by molar-refractivity contribution is -0.122. The number of nitrogens with zero attached hydrogens (tertiary/aromatic N) is 1. The van der Waals surface area contributed by atoms with E-state index in [9.17, 15) is 9.59 Å². The third-order valence-electron chi connectivity index (χ3n) is 4.49. The van der Waals surface area contributed by atoms with Gasteiger partial charge >= 0.3 is 0 Å². The van der Waals surface area contributed by atoms with Crippen molar-refractivity contribution in [3.8, 4) is 0 Å². The Balaban J connectivity index is 1.81. The fraction of sp³-hybridized carbons (Fsp3) is 0.300. The number of hydrogen-bond acceptors (Lipinski definition) is 4. The van der Waals surface area contributed by atoms with E-state index < -0.39 is 0 Å². The number of halogens is 1. The number of carbonyl (C=O) groups is 2. The molecule has 1 atom stereocenters. The van der Waals surface area contributed by atoms with E-state index in [2.05, 4.69) is 10.2 Å². The van der Waals surface area contributed by atoms with Crippen LogP contribution in [0.2, 0.25) is 5.02 Å². The quantitative estimate of drug-likeness (QED) is 0.819. The predicted octanol–water partition coefficient (Wildman–Crippen LogP) is 3.23. The van der Waals surface area contributed by atoms with Gasteiger partial charge in [-0.1, -0.05) is 41.9 Å². The normalized spacial score (nSPS) is 16.1. The van der Waals surface area contributed by atoms with Crippen molar-refractivity contribution in [3.63, 3.8) is 0 Å². The summed E-state index contributed by atoms with van der Waals surface area (Å²) in [4.78, 5) is 27.6. The first-order valence-electron chi connectivity index (χ1n) is 8.58. The summed E-state index contributed by atoms with van der Waals surface area (Å²) in [5.74, 6) is -0.326. The highest BCUT2D eigenvalue weighted by atomic mass is 35.5. The van der Waals surface area contributed by atoms with E-state index in [1.807, 2.05) is 25.1 Å². The smallest absolute Gasteiger partial charge is 0.241 e. The minimum Gasteiger partial charge on any atom is -0.379 e. The number of ether oxygens (including phenoxy) is 1. The van der Waals surface area contributed by atoms with Crippen molar-refractivity contribution in [3.05, 3.63) is 64.7 Å². The lowest BCUT2D eigenvalue weighted by atomic mass is 10.0. The Kier molecular flexibility index (Phi) is 6.04. The molecular weight excluding hydrogens is 352 g/mol. The van der Waals surface area contributed by atoms with Gasteiger partial charge in [-0.05, 0) is 25.1 Å². The first-order chi connectivity index (χ1) is 12.6. The fourth-order valence-corrected chi connectivity index (χ4v) is 3.10. The number of anilines is 1. The number of ketones is 1. The zero-order chi connectivity index (χ0) is 18.5. The van der Waals surface area contributed by atoms with Crippen molar-refractivity contribution >= 4 is 29.0 Å². The molecule has 1 N–H and O–H groups in total. The maximum atomic E-state index is 12.8. The highest BCUT2D eigenvalue weighted by Crippen LogP contribution is 2.24. The molecule has 0 bridgehead atoms. The van der Waals surface area contributed by atoms with Gasteiger partial charge in [-0.2, -0.15) is 0 Å². The molecule has 1 heterocycles. The van der Waals surface area contributed by atoms with Gasteiger partial charge in [0, 0.05) is 29.2 Å². The number of carbonyl (C=O) groups excluding carboxylic acids is 2. The van der Waals surface area contributed by atoms with Crippen molar-refractivity contribution in [2.45, 2.75) is 13.0 Å². The van der Waals surface area contributed by atoms with Crippen molar-refractivity contribution in [1.82, 2.24) is 4.90 Å². The van der Waals surface area contributed by atoms with Crippen LogP contribution < -0.4 is 5.32 Å². The second-order valence-corrected chi connectivity index (χ2v) is 6.64. The second kappa shape index (κ2) is 8.45. The van der Waals surface area contributed by atoms with Crippen molar-refractivity contribution in [2.24, 2.45) is 0 Å². The topological polar surface area (TPSA) is 58.6 Å². The monoisotopic (exact) mass is 372 g/mol. The molecule has 5 nitrogen and oxygen atoms in total. The molecule has 0 radical (unpaired) electrons. The van der Waals surface area contributed by atoms with E-state index >= 15 is 0 Å². The Hall–Kier alpha value is -2.21. The molecule has 1 aliphatic rings. The largest absolute Gasteiger partial charge is 0.379 e. The van der Waals surface area contributed by atoms with Crippen LogP contribution in [-0.2, 0) is 9.53 Å². The van der Waals surface area contributed by atoms with Crippen LogP contribution in [-0.4, -0.2) is 48.9 Å². The Morgan fingerprint density at radius 1 is 1.12 bits per heavy atom. The van der Waals surface area contributed by atoms with Crippen LogP contribution in [0.1, 0.15) is 22.8 Å². The summed E-state index contributed by atoms with van der Waals surface area (Å²) in [5.41, 5.74) is 1.41. The Morgan fingerprint density at radius 2 is 1.81 bits per heavy atom. The van der Waals surface area contributed by atoms with Crippen molar-refractivity contribution in [1.29, 1.82) is 0 Å². The summed E-state index contributed by atoms with van der Waals surface area (Å²) in [6, 6.07) is 13.6. The second-order valence-electron chi connectivity index (χ2n) is 6.20. The third-order valence-corrected chi connectivity index (χ3v) is 4.73. The summed E-state index contributed by atoms with van der Waals surface area (Å²) in [6.45, 7) is 4.50. The van der Waals surface area contributed by atoms with Crippen LogP contribution >= 0.6 is 11.6 Å². The van der Waals surface area contributed by atoms with Gasteiger partial charge in [0.25, 0.3) is 0 Å². The number of amides is 1. The van der Waals surface area contributed by atoms with E-state index in [1.165, 1.54) is 0 Å². The number of benzene rings is 2. The van der Waals surface area contributed by atoms with E-state index in [0.29, 0.717) is 48.1 Å². The van der Waals surface area contributed by atoms with E-state index in [1.54, 1.807) is 30.3 Å². The van der Waals surface area contributed by atoms with Gasteiger partial charge in [0.15, 0.2) is 5.78 Å². The van der Waals surface area contributed by atoms with E-state index in [-0.39, 0.29) is 17.7 Å². The lowest BCUT2D eigenvalue weighted by Gasteiger charge is -2.31. The zero-order valence-electron chi connectivity index (χ0n) is 14.6. The average Bonchev–Trinajstić information content (AvgIpc) is 2.68. The average molecular weight is 373 g/mol. The maximum Gasteiger partial charge on any atom is 0.241 e. The molecule has 2 aromatic carbocycles. The molecular formula is C20H21ClN2O3. The molecule has 1 saturated heterocycles. The van der Waals surface area contributed by atoms with Crippen LogP contribution in [0.5, 0.6) is 0 Å². The lowest BCUT2D eigenvalue weighted by Crippen LogP contribution is -2.47. The third kappa shape index (κ3) is 4.30. The Bertz CT molecular complexity index is 789. The number of morpholine rings is 1. The molecule has 136 valence electrons. The predicted molar refractivity (Wildman–Crippen MR) is 102 cm³/mol. The fourth-order valence-electron chi connectivity index (χ4n) is 2.93. The van der Waals surface area contributed by atoms with E-state index in [0.717, 1.165) is 0 Å². The first kappa shape index (κ1) is 18.6. The molecule has 6 heteroatoms. The Labute approximate surface area is 157 Å². The van der Waals surface area contributed by atoms with Gasteiger partial charge < -0.3 is 10.1 Å². The number of rotatable bonds is 5. The summed E-state index contributed by atoms with van der Waals surface area (Å²) in [7, 11) is 0. The van der Waals surface area contributed by atoms with Gasteiger partial charge in [-0.15, -0.1) is 0 Å². The summed E-state index contributed by atoms with van der Waals surface area (Å²) in [5, 5.41) is 3.33. The van der Waals surface area contributed by atoms with Crippen LogP contribution in [0, 0.1) is 0 Å². The van der Waals surface area contributed by atoms with Crippen molar-refractivity contribution < 1.29 is 14.3 Å². The van der Waals surface area contributed by atoms with E-state index in [4.69, 9.17) is 16.3 Å². The summed E-state index contributed by atoms with van der Waals surface area (Å²) >= 11 is 6.09. The molecule has 1 amide bonds. The SMILES string of the molecule is CC(C(=O)Nc1cc(Cl)ccc1C(=O)c1ccccc1)N1CCOCC1. The van der Waals surface area contributed by atoms with Gasteiger partial charge in [-0.25, -0.2) is 0 Å². The molecule has 2 aromatic rings. The molecule has 0 aromatic heterocycles. The Morgan fingerprint density at radius 3 is 2.50 bits per heavy atom. The molecule has 0 spiro atoms. The minimum absolute atomic E-state index is 0.156. The standard InChI is InChI=1S/C20H21ClN2O3/c1-14(23-9-11-26-12-10-23)20(25)22-18-13-16(21)7-8-17(18)19(24)15-5-3-2-4-6-15/h2-8,13-14H,9-12H2,1H3,(H,22,25). The van der Waals surface area contributed by atoms with Crippen LogP contribution in [0.25, 0.3) is 0 Å². The molecule has 0 aliphatic carbocycles. The first-order valence-corrected chi connectivity index (χ1v) is 8.96. The van der Waals surface area contributed by atoms with Crippen LogP contribution in [0.15, 0.2) is 48.5 Å². The highest BCUT2D eigenvalue weighted by molar-refractivity contribution is 6.31. The van der Waals surface area contributed by atoms with Gasteiger partial charge in [0.1, 0.15) is 0 Å². The summed E-state index contributed by atoms with van der Waals surface area (Å²) in [6.07, 6.45) is 0. The highest BCUT2D eigenvalue weighted by Gasteiger charge is 2.24. The van der Waals surface area contributed by atoms with Gasteiger partial charge in [0.2, 0.25) is 5.91 Å². The molecule has 1 unspecified atom stereocenters. The number of hydrogen-bond donors (Lipinski definition) is 1.